The highest BCUT2D eigenvalue weighted by Gasteiger charge is 2.19. The van der Waals surface area contributed by atoms with E-state index in [9.17, 15) is 14.7 Å². The first-order valence-corrected chi connectivity index (χ1v) is 6.77. The third-order valence-corrected chi connectivity index (χ3v) is 3.76. The standard InChI is InChI=1S/C16H19NO3/c1-5-11-12-8-10(9(2)3)6-7-13(12)17(4)15(18)14(11)16(19)20/h6-9H,5H2,1-4H3,(H,19,20). The van der Waals surface area contributed by atoms with E-state index in [2.05, 4.69) is 13.8 Å². The maximum Gasteiger partial charge on any atom is 0.341 e. The first-order chi connectivity index (χ1) is 9.38. The van der Waals surface area contributed by atoms with Gasteiger partial charge in [0.05, 0.1) is 5.52 Å². The summed E-state index contributed by atoms with van der Waals surface area (Å²) in [4.78, 5) is 23.6. The van der Waals surface area contributed by atoms with Crippen LogP contribution in [0.4, 0.5) is 0 Å². The smallest absolute Gasteiger partial charge is 0.341 e. The summed E-state index contributed by atoms with van der Waals surface area (Å²) in [5.41, 5.74) is 1.99. The molecule has 0 unspecified atom stereocenters. The average Bonchev–Trinajstić information content (AvgIpc) is 2.41. The van der Waals surface area contributed by atoms with Crippen molar-refractivity contribution in [3.63, 3.8) is 0 Å². The molecule has 0 spiro atoms. The molecule has 4 heteroatoms. The van der Waals surface area contributed by atoms with Gasteiger partial charge in [-0.15, -0.1) is 0 Å². The van der Waals surface area contributed by atoms with E-state index in [1.54, 1.807) is 7.05 Å². The highest BCUT2D eigenvalue weighted by Crippen LogP contribution is 2.25. The molecule has 0 aliphatic rings. The number of benzene rings is 1. The van der Waals surface area contributed by atoms with Gasteiger partial charge in [-0.1, -0.05) is 26.8 Å². The Labute approximate surface area is 117 Å². The van der Waals surface area contributed by atoms with Crippen molar-refractivity contribution < 1.29 is 9.90 Å². The molecule has 0 aliphatic heterocycles. The highest BCUT2D eigenvalue weighted by atomic mass is 16.4. The summed E-state index contributed by atoms with van der Waals surface area (Å²) >= 11 is 0. The Morgan fingerprint density at radius 1 is 1.35 bits per heavy atom. The van der Waals surface area contributed by atoms with Crippen LogP contribution in [-0.2, 0) is 13.5 Å². The molecule has 0 bridgehead atoms. The predicted octanol–water partition coefficient (Wildman–Crippen LogP) is 2.92. The highest BCUT2D eigenvalue weighted by molar-refractivity contribution is 5.96. The second-order valence-electron chi connectivity index (χ2n) is 5.31. The minimum absolute atomic E-state index is 0.108. The van der Waals surface area contributed by atoms with Crippen LogP contribution in [0, 0.1) is 0 Å². The Kier molecular flexibility index (Phi) is 3.66. The number of rotatable bonds is 3. The fraction of sp³-hybridized carbons (Fsp3) is 0.375. The van der Waals surface area contributed by atoms with E-state index in [0.29, 0.717) is 17.9 Å². The van der Waals surface area contributed by atoms with E-state index in [4.69, 9.17) is 0 Å². The molecule has 0 aliphatic carbocycles. The number of aromatic carboxylic acids is 1. The Balaban J connectivity index is 2.99. The van der Waals surface area contributed by atoms with E-state index < -0.39 is 11.5 Å². The van der Waals surface area contributed by atoms with Crippen molar-refractivity contribution in [1.82, 2.24) is 4.57 Å². The summed E-state index contributed by atoms with van der Waals surface area (Å²) in [6, 6.07) is 5.90. The van der Waals surface area contributed by atoms with Gasteiger partial charge in [-0.2, -0.15) is 0 Å². The zero-order chi connectivity index (χ0) is 15.0. The van der Waals surface area contributed by atoms with E-state index in [1.807, 2.05) is 25.1 Å². The number of nitrogens with zero attached hydrogens (tertiary/aromatic N) is 1. The van der Waals surface area contributed by atoms with E-state index in [0.717, 1.165) is 16.5 Å². The van der Waals surface area contributed by atoms with Crippen molar-refractivity contribution in [1.29, 1.82) is 0 Å². The van der Waals surface area contributed by atoms with Gasteiger partial charge in [0.1, 0.15) is 5.56 Å². The first kappa shape index (κ1) is 14.3. The average molecular weight is 273 g/mol. The summed E-state index contributed by atoms with van der Waals surface area (Å²) in [6.45, 7) is 6.06. The third kappa shape index (κ3) is 2.11. The van der Waals surface area contributed by atoms with Crippen LogP contribution in [0.1, 0.15) is 48.2 Å². The summed E-state index contributed by atoms with van der Waals surface area (Å²) in [5, 5.41) is 10.2. The minimum atomic E-state index is -1.15. The van der Waals surface area contributed by atoms with Gasteiger partial charge in [0.2, 0.25) is 0 Å². The lowest BCUT2D eigenvalue weighted by molar-refractivity contribution is 0.0693. The van der Waals surface area contributed by atoms with Gasteiger partial charge in [0.15, 0.2) is 0 Å². The van der Waals surface area contributed by atoms with Crippen LogP contribution >= 0.6 is 0 Å². The maximum atomic E-state index is 12.2. The Morgan fingerprint density at radius 3 is 2.50 bits per heavy atom. The number of hydrogen-bond donors (Lipinski definition) is 1. The summed E-state index contributed by atoms with van der Waals surface area (Å²) in [5.74, 6) is -0.797. The molecule has 106 valence electrons. The molecular formula is C16H19NO3. The molecule has 1 aromatic heterocycles. The number of carbonyl (C=O) groups is 1. The molecule has 1 aromatic carbocycles. The first-order valence-electron chi connectivity index (χ1n) is 6.77. The second kappa shape index (κ2) is 5.12. The molecule has 0 saturated heterocycles. The minimum Gasteiger partial charge on any atom is -0.477 e. The number of hydrogen-bond acceptors (Lipinski definition) is 2. The number of carboxylic acid groups (broad SMARTS) is 1. The van der Waals surface area contributed by atoms with Crippen molar-refractivity contribution in [3.05, 3.63) is 45.2 Å². The number of aromatic nitrogens is 1. The predicted molar refractivity (Wildman–Crippen MR) is 79.6 cm³/mol. The zero-order valence-electron chi connectivity index (χ0n) is 12.2. The third-order valence-electron chi connectivity index (χ3n) is 3.76. The van der Waals surface area contributed by atoms with E-state index in [1.165, 1.54) is 4.57 Å². The second-order valence-corrected chi connectivity index (χ2v) is 5.31. The van der Waals surface area contributed by atoms with Gasteiger partial charge in [-0.25, -0.2) is 4.79 Å². The summed E-state index contributed by atoms with van der Waals surface area (Å²) in [7, 11) is 1.62. The largest absolute Gasteiger partial charge is 0.477 e. The Hall–Kier alpha value is -2.10. The molecule has 0 fully saturated rings. The van der Waals surface area contributed by atoms with Crippen LogP contribution in [0.25, 0.3) is 10.9 Å². The Morgan fingerprint density at radius 2 is 2.00 bits per heavy atom. The molecule has 2 rings (SSSR count). The molecule has 0 amide bonds. The van der Waals surface area contributed by atoms with Gasteiger partial charge >= 0.3 is 5.97 Å². The van der Waals surface area contributed by atoms with Crippen LogP contribution in [0.2, 0.25) is 0 Å². The number of pyridine rings is 1. The molecule has 0 saturated carbocycles. The molecule has 2 aromatic rings. The summed E-state index contributed by atoms with van der Waals surface area (Å²) < 4.78 is 1.42. The van der Waals surface area contributed by atoms with Crippen molar-refractivity contribution in [3.8, 4) is 0 Å². The molecular weight excluding hydrogens is 254 g/mol. The molecule has 4 nitrogen and oxygen atoms in total. The van der Waals surface area contributed by atoms with Gasteiger partial charge in [0, 0.05) is 12.4 Å². The van der Waals surface area contributed by atoms with Crippen LogP contribution in [0.15, 0.2) is 23.0 Å². The molecule has 1 N–H and O–H groups in total. The number of aryl methyl sites for hydroxylation is 2. The monoisotopic (exact) mass is 273 g/mol. The quantitative estimate of drug-likeness (QED) is 0.935. The van der Waals surface area contributed by atoms with Crippen LogP contribution < -0.4 is 5.56 Å². The van der Waals surface area contributed by atoms with Crippen molar-refractivity contribution >= 4 is 16.9 Å². The van der Waals surface area contributed by atoms with E-state index >= 15 is 0 Å². The van der Waals surface area contributed by atoms with Crippen molar-refractivity contribution in [2.75, 3.05) is 0 Å². The van der Waals surface area contributed by atoms with Crippen molar-refractivity contribution in [2.45, 2.75) is 33.1 Å². The van der Waals surface area contributed by atoms with Gasteiger partial charge < -0.3 is 9.67 Å². The number of carboxylic acids is 1. The lowest BCUT2D eigenvalue weighted by Gasteiger charge is -2.14. The van der Waals surface area contributed by atoms with E-state index in [-0.39, 0.29) is 5.56 Å². The maximum absolute atomic E-state index is 12.2. The topological polar surface area (TPSA) is 59.3 Å². The molecule has 1 heterocycles. The zero-order valence-corrected chi connectivity index (χ0v) is 12.2. The number of fused-ring (bicyclic) bond motifs is 1. The fourth-order valence-corrected chi connectivity index (χ4v) is 2.58. The van der Waals surface area contributed by atoms with Crippen molar-refractivity contribution in [2.24, 2.45) is 7.05 Å². The van der Waals surface area contributed by atoms with Crippen LogP contribution in [0.5, 0.6) is 0 Å². The van der Waals surface area contributed by atoms with Crippen LogP contribution in [-0.4, -0.2) is 15.6 Å². The fourth-order valence-electron chi connectivity index (χ4n) is 2.58. The van der Waals surface area contributed by atoms with Crippen LogP contribution in [0.3, 0.4) is 0 Å². The molecule has 0 atom stereocenters. The lowest BCUT2D eigenvalue weighted by Crippen LogP contribution is -2.27. The SMILES string of the molecule is CCc1c(C(=O)O)c(=O)n(C)c2ccc(C(C)C)cc12. The molecule has 20 heavy (non-hydrogen) atoms. The summed E-state index contributed by atoms with van der Waals surface area (Å²) in [6.07, 6.45) is 0.524. The van der Waals surface area contributed by atoms with Gasteiger partial charge in [-0.3, -0.25) is 4.79 Å². The molecule has 0 radical (unpaired) electrons. The Bertz CT molecular complexity index is 741. The van der Waals surface area contributed by atoms with Gasteiger partial charge in [0.25, 0.3) is 5.56 Å². The normalized spacial score (nSPS) is 11.2. The van der Waals surface area contributed by atoms with Gasteiger partial charge in [-0.05, 0) is 35.6 Å². The lowest BCUT2D eigenvalue weighted by atomic mass is 9.95.